The molecule has 1 heterocycles. The molecular weight excluding hydrogens is 256 g/mol. The summed E-state index contributed by atoms with van der Waals surface area (Å²) in [4.78, 5) is 4.83. The molecule has 0 unspecified atom stereocenters. The lowest BCUT2D eigenvalue weighted by molar-refractivity contribution is 0.00754. The minimum absolute atomic E-state index is 0.374. The summed E-state index contributed by atoms with van der Waals surface area (Å²) in [6, 6.07) is 2.67. The summed E-state index contributed by atoms with van der Waals surface area (Å²) in [6.07, 6.45) is 7.02. The zero-order valence-corrected chi connectivity index (χ0v) is 11.6. The Morgan fingerprint density at radius 3 is 2.32 bits per heavy atom. The molecule has 0 saturated heterocycles. The second-order valence-electron chi connectivity index (χ2n) is 6.45. The van der Waals surface area contributed by atoms with E-state index in [0.29, 0.717) is 16.7 Å². The van der Waals surface area contributed by atoms with E-state index in [1.807, 2.05) is 0 Å². The molecule has 3 N–H and O–H groups in total. The monoisotopic (exact) mass is 274 g/mol. The Kier molecular flexibility index (Phi) is 2.49. The molecule has 4 fully saturated rings. The van der Waals surface area contributed by atoms with E-state index in [0.717, 1.165) is 28.8 Å². The molecule has 0 spiro atoms. The summed E-state index contributed by atoms with van der Waals surface area (Å²) >= 11 is 1.40. The van der Waals surface area contributed by atoms with Crippen molar-refractivity contribution in [3.8, 4) is 6.07 Å². The van der Waals surface area contributed by atoms with Crippen LogP contribution in [0.5, 0.6) is 0 Å². The topological polar surface area (TPSA) is 74.7 Å². The first-order chi connectivity index (χ1) is 9.22. The van der Waals surface area contributed by atoms with E-state index in [4.69, 9.17) is 11.0 Å². The molecular formula is C14H18N4S. The first kappa shape index (κ1) is 11.5. The van der Waals surface area contributed by atoms with Gasteiger partial charge in [-0.05, 0) is 55.8 Å². The van der Waals surface area contributed by atoms with Gasteiger partial charge >= 0.3 is 0 Å². The molecule has 4 aliphatic carbocycles. The van der Waals surface area contributed by atoms with Crippen molar-refractivity contribution in [2.75, 3.05) is 11.1 Å². The second kappa shape index (κ2) is 4.11. The van der Waals surface area contributed by atoms with Crippen LogP contribution in [0, 0.1) is 35.0 Å². The number of aromatic nitrogens is 1. The standard InChI is InChI=1S/C14H18N4S/c15-6-11-13(16)18-14(19-11)17-12-9-2-7-1-8(4-9)5-10(12)3-7/h7-10,12H,1-5,16H2,(H,17,18). The average Bonchev–Trinajstić information content (AvgIpc) is 2.73. The molecule has 19 heavy (non-hydrogen) atoms. The van der Waals surface area contributed by atoms with Crippen LogP contribution in [0.1, 0.15) is 37.0 Å². The number of nitriles is 1. The lowest BCUT2D eigenvalue weighted by Crippen LogP contribution is -2.51. The van der Waals surface area contributed by atoms with Gasteiger partial charge in [0.15, 0.2) is 10.9 Å². The van der Waals surface area contributed by atoms with E-state index >= 15 is 0 Å². The normalized spacial score (nSPS) is 39.2. The molecule has 4 saturated carbocycles. The number of nitrogen functional groups attached to an aromatic ring is 1. The maximum absolute atomic E-state index is 8.95. The zero-order valence-electron chi connectivity index (χ0n) is 10.8. The molecule has 5 rings (SSSR count). The van der Waals surface area contributed by atoms with E-state index in [-0.39, 0.29) is 0 Å². The quantitative estimate of drug-likeness (QED) is 0.869. The molecule has 4 bridgehead atoms. The van der Waals surface area contributed by atoms with E-state index in [1.165, 1.54) is 43.4 Å². The second-order valence-corrected chi connectivity index (χ2v) is 7.45. The Balaban J connectivity index is 1.55. The van der Waals surface area contributed by atoms with E-state index in [1.54, 1.807) is 0 Å². The highest BCUT2D eigenvalue weighted by Gasteiger charge is 2.48. The van der Waals surface area contributed by atoms with E-state index in [9.17, 15) is 0 Å². The van der Waals surface area contributed by atoms with Crippen LogP contribution in [0.25, 0.3) is 0 Å². The molecule has 4 nitrogen and oxygen atoms in total. The Bertz CT molecular complexity index is 516. The summed E-state index contributed by atoms with van der Waals surface area (Å²) in [5.41, 5.74) is 5.74. The van der Waals surface area contributed by atoms with Crippen molar-refractivity contribution in [2.45, 2.75) is 38.1 Å². The molecule has 0 atom stereocenters. The van der Waals surface area contributed by atoms with Crippen molar-refractivity contribution in [3.63, 3.8) is 0 Å². The first-order valence-electron chi connectivity index (χ1n) is 7.16. The van der Waals surface area contributed by atoms with Crippen molar-refractivity contribution in [2.24, 2.45) is 23.7 Å². The van der Waals surface area contributed by atoms with Gasteiger partial charge < -0.3 is 11.1 Å². The molecule has 0 aliphatic heterocycles. The number of hydrogen-bond donors (Lipinski definition) is 2. The third kappa shape index (κ3) is 1.81. The average molecular weight is 274 g/mol. The fraction of sp³-hybridized carbons (Fsp3) is 0.714. The Labute approximate surface area is 117 Å². The SMILES string of the molecule is N#Cc1sc(NC2C3CC4CC(C3)CC2C4)nc1N. The molecule has 0 amide bonds. The molecule has 0 radical (unpaired) electrons. The fourth-order valence-electron chi connectivity index (χ4n) is 4.78. The molecule has 1 aromatic rings. The number of nitrogens with zero attached hydrogens (tertiary/aromatic N) is 2. The summed E-state index contributed by atoms with van der Waals surface area (Å²) in [6.45, 7) is 0. The Morgan fingerprint density at radius 2 is 1.79 bits per heavy atom. The van der Waals surface area contributed by atoms with Crippen molar-refractivity contribution in [1.29, 1.82) is 5.26 Å². The molecule has 0 aromatic carbocycles. The van der Waals surface area contributed by atoms with Crippen LogP contribution < -0.4 is 11.1 Å². The van der Waals surface area contributed by atoms with Gasteiger partial charge in [-0.15, -0.1) is 0 Å². The van der Waals surface area contributed by atoms with E-state index < -0.39 is 0 Å². The largest absolute Gasteiger partial charge is 0.382 e. The molecule has 5 heteroatoms. The summed E-state index contributed by atoms with van der Waals surface area (Å²) in [7, 11) is 0. The minimum atomic E-state index is 0.374. The van der Waals surface area contributed by atoms with Gasteiger partial charge in [-0.1, -0.05) is 11.3 Å². The van der Waals surface area contributed by atoms with Gasteiger partial charge in [0.2, 0.25) is 0 Å². The number of thiazole rings is 1. The van der Waals surface area contributed by atoms with Crippen LogP contribution in [0.4, 0.5) is 10.9 Å². The zero-order chi connectivity index (χ0) is 13.0. The van der Waals surface area contributed by atoms with Crippen LogP contribution in [0.3, 0.4) is 0 Å². The predicted octanol–water partition coefficient (Wildman–Crippen LogP) is 2.83. The number of anilines is 2. The van der Waals surface area contributed by atoms with Crippen LogP contribution in [0.2, 0.25) is 0 Å². The van der Waals surface area contributed by atoms with Gasteiger partial charge in [0.05, 0.1) is 0 Å². The Morgan fingerprint density at radius 1 is 1.16 bits per heavy atom. The van der Waals surface area contributed by atoms with E-state index in [2.05, 4.69) is 16.4 Å². The van der Waals surface area contributed by atoms with Gasteiger partial charge in [-0.25, -0.2) is 4.98 Å². The van der Waals surface area contributed by atoms with Crippen LogP contribution in [-0.4, -0.2) is 11.0 Å². The van der Waals surface area contributed by atoms with Gasteiger partial charge in [-0.3, -0.25) is 0 Å². The summed E-state index contributed by atoms with van der Waals surface area (Å²) in [5.74, 6) is 3.96. The first-order valence-corrected chi connectivity index (χ1v) is 7.97. The Hall–Kier alpha value is -1.28. The van der Waals surface area contributed by atoms with Gasteiger partial charge in [0.25, 0.3) is 0 Å². The van der Waals surface area contributed by atoms with Gasteiger partial charge in [-0.2, -0.15) is 5.26 Å². The smallest absolute Gasteiger partial charge is 0.186 e. The highest BCUT2D eigenvalue weighted by atomic mass is 32.1. The van der Waals surface area contributed by atoms with Crippen molar-refractivity contribution in [1.82, 2.24) is 4.98 Å². The highest BCUT2D eigenvalue weighted by molar-refractivity contribution is 7.16. The van der Waals surface area contributed by atoms with Crippen molar-refractivity contribution >= 4 is 22.3 Å². The third-order valence-corrected chi connectivity index (χ3v) is 6.18. The lowest BCUT2D eigenvalue weighted by Gasteiger charge is -2.54. The number of rotatable bonds is 2. The van der Waals surface area contributed by atoms with Gasteiger partial charge in [0, 0.05) is 6.04 Å². The third-order valence-electron chi connectivity index (χ3n) is 5.27. The molecule has 4 aliphatic rings. The lowest BCUT2D eigenvalue weighted by atomic mass is 9.54. The molecule has 1 aromatic heterocycles. The number of nitrogens with two attached hydrogens (primary N) is 1. The van der Waals surface area contributed by atoms with Crippen LogP contribution in [0.15, 0.2) is 0 Å². The van der Waals surface area contributed by atoms with Crippen LogP contribution >= 0.6 is 11.3 Å². The highest BCUT2D eigenvalue weighted by Crippen LogP contribution is 2.54. The number of nitrogens with one attached hydrogen (secondary N) is 1. The van der Waals surface area contributed by atoms with Crippen molar-refractivity contribution < 1.29 is 0 Å². The number of hydrogen-bond acceptors (Lipinski definition) is 5. The molecule has 100 valence electrons. The fourth-order valence-corrected chi connectivity index (χ4v) is 5.51. The predicted molar refractivity (Wildman–Crippen MR) is 75.7 cm³/mol. The maximum atomic E-state index is 8.95. The maximum Gasteiger partial charge on any atom is 0.186 e. The van der Waals surface area contributed by atoms with Crippen LogP contribution in [-0.2, 0) is 0 Å². The van der Waals surface area contributed by atoms with Gasteiger partial charge in [0.1, 0.15) is 10.9 Å². The summed E-state index contributed by atoms with van der Waals surface area (Å²) in [5, 5.41) is 13.4. The summed E-state index contributed by atoms with van der Waals surface area (Å²) < 4.78 is 0. The minimum Gasteiger partial charge on any atom is -0.382 e. The van der Waals surface area contributed by atoms with Crippen molar-refractivity contribution in [3.05, 3.63) is 4.88 Å².